The lowest BCUT2D eigenvalue weighted by Gasteiger charge is -2.13. The lowest BCUT2D eigenvalue weighted by molar-refractivity contribution is -0.121. The maximum absolute atomic E-state index is 11.4. The number of ether oxygens (including phenoxy) is 1. The molecule has 0 aromatic rings. The molecule has 0 heterocycles. The van der Waals surface area contributed by atoms with Crippen LogP contribution >= 0.6 is 0 Å². The van der Waals surface area contributed by atoms with Crippen LogP contribution < -0.4 is 10.6 Å². The van der Waals surface area contributed by atoms with Crippen molar-refractivity contribution >= 4 is 5.91 Å². The Labute approximate surface area is 91.8 Å². The van der Waals surface area contributed by atoms with Gasteiger partial charge < -0.3 is 15.4 Å². The molecule has 88 valence electrons. The van der Waals surface area contributed by atoms with Crippen LogP contribution in [0.3, 0.4) is 0 Å². The molecule has 1 saturated carbocycles. The van der Waals surface area contributed by atoms with Gasteiger partial charge in [-0.05, 0) is 26.2 Å². The van der Waals surface area contributed by atoms with E-state index in [0.717, 1.165) is 13.0 Å². The van der Waals surface area contributed by atoms with E-state index in [4.69, 9.17) is 4.74 Å². The van der Waals surface area contributed by atoms with Crippen LogP contribution in [0.2, 0.25) is 0 Å². The van der Waals surface area contributed by atoms with Crippen LogP contribution in [0.25, 0.3) is 0 Å². The van der Waals surface area contributed by atoms with Gasteiger partial charge in [-0.2, -0.15) is 0 Å². The number of amides is 1. The van der Waals surface area contributed by atoms with E-state index < -0.39 is 0 Å². The summed E-state index contributed by atoms with van der Waals surface area (Å²) in [5.41, 5.74) is 0. The van der Waals surface area contributed by atoms with Crippen molar-refractivity contribution in [2.24, 2.45) is 0 Å². The van der Waals surface area contributed by atoms with Gasteiger partial charge in [0, 0.05) is 38.8 Å². The minimum Gasteiger partial charge on any atom is -0.385 e. The molecule has 1 rings (SSSR count). The molecule has 2 N–H and O–H groups in total. The molecule has 0 aliphatic heterocycles. The zero-order valence-corrected chi connectivity index (χ0v) is 9.71. The molecule has 1 atom stereocenters. The van der Waals surface area contributed by atoms with Crippen molar-refractivity contribution in [3.8, 4) is 0 Å². The predicted octanol–water partition coefficient (Wildman–Crippen LogP) is 0.670. The van der Waals surface area contributed by atoms with Crippen molar-refractivity contribution in [1.82, 2.24) is 10.6 Å². The zero-order chi connectivity index (χ0) is 11.1. The van der Waals surface area contributed by atoms with Gasteiger partial charge in [0.2, 0.25) is 5.91 Å². The minimum atomic E-state index is 0.131. The van der Waals surface area contributed by atoms with Gasteiger partial charge in [-0.1, -0.05) is 0 Å². The molecular formula is C11H22N2O2. The van der Waals surface area contributed by atoms with Crippen LogP contribution in [0.5, 0.6) is 0 Å². The molecule has 4 nitrogen and oxygen atoms in total. The molecule has 1 amide bonds. The SMILES string of the molecule is COCCC(C)NC(=O)CCNC1CC1. The molecule has 0 spiro atoms. The third kappa shape index (κ3) is 6.47. The lowest BCUT2D eigenvalue weighted by atomic mass is 10.2. The largest absolute Gasteiger partial charge is 0.385 e. The van der Waals surface area contributed by atoms with Crippen molar-refractivity contribution in [1.29, 1.82) is 0 Å². The van der Waals surface area contributed by atoms with Gasteiger partial charge in [-0.3, -0.25) is 4.79 Å². The normalized spacial score (nSPS) is 17.5. The highest BCUT2D eigenvalue weighted by atomic mass is 16.5. The maximum atomic E-state index is 11.4. The number of methoxy groups -OCH3 is 1. The van der Waals surface area contributed by atoms with Gasteiger partial charge in [-0.25, -0.2) is 0 Å². The van der Waals surface area contributed by atoms with Gasteiger partial charge in [0.15, 0.2) is 0 Å². The van der Waals surface area contributed by atoms with E-state index >= 15 is 0 Å². The van der Waals surface area contributed by atoms with Crippen molar-refractivity contribution < 1.29 is 9.53 Å². The molecule has 0 aromatic carbocycles. The second-order valence-electron chi connectivity index (χ2n) is 4.23. The summed E-state index contributed by atoms with van der Waals surface area (Å²) < 4.78 is 4.95. The Balaban J connectivity index is 1.95. The highest BCUT2D eigenvalue weighted by Gasteiger charge is 2.20. The van der Waals surface area contributed by atoms with E-state index in [-0.39, 0.29) is 11.9 Å². The van der Waals surface area contributed by atoms with Crippen molar-refractivity contribution in [3.63, 3.8) is 0 Å². The number of hydrogen-bond acceptors (Lipinski definition) is 3. The summed E-state index contributed by atoms with van der Waals surface area (Å²) >= 11 is 0. The summed E-state index contributed by atoms with van der Waals surface area (Å²) in [6.07, 6.45) is 3.99. The monoisotopic (exact) mass is 214 g/mol. The van der Waals surface area contributed by atoms with E-state index in [1.54, 1.807) is 7.11 Å². The van der Waals surface area contributed by atoms with E-state index in [2.05, 4.69) is 10.6 Å². The summed E-state index contributed by atoms with van der Waals surface area (Å²) in [4.78, 5) is 11.4. The first-order chi connectivity index (χ1) is 7.22. The maximum Gasteiger partial charge on any atom is 0.221 e. The average Bonchev–Trinajstić information content (AvgIpc) is 2.98. The molecule has 0 aromatic heterocycles. The fourth-order valence-corrected chi connectivity index (χ4v) is 1.39. The molecule has 4 heteroatoms. The fraction of sp³-hybridized carbons (Fsp3) is 0.909. The Hall–Kier alpha value is -0.610. The number of carbonyl (C=O) groups excluding carboxylic acids is 1. The van der Waals surface area contributed by atoms with Crippen molar-refractivity contribution in [2.45, 2.75) is 44.7 Å². The van der Waals surface area contributed by atoms with E-state index in [9.17, 15) is 4.79 Å². The number of nitrogens with one attached hydrogen (secondary N) is 2. The second-order valence-corrected chi connectivity index (χ2v) is 4.23. The molecule has 1 aliphatic rings. The van der Waals surface area contributed by atoms with Crippen molar-refractivity contribution in [2.75, 3.05) is 20.3 Å². The van der Waals surface area contributed by atoms with Crippen LogP contribution in [0.1, 0.15) is 32.6 Å². The lowest BCUT2D eigenvalue weighted by Crippen LogP contribution is -2.35. The molecular weight excluding hydrogens is 192 g/mol. The first-order valence-corrected chi connectivity index (χ1v) is 5.74. The van der Waals surface area contributed by atoms with E-state index in [1.807, 2.05) is 6.92 Å². The van der Waals surface area contributed by atoms with Crippen LogP contribution in [0, 0.1) is 0 Å². The molecule has 0 bridgehead atoms. The second kappa shape index (κ2) is 6.80. The standard InChI is InChI=1S/C11H22N2O2/c1-9(6-8-15-2)13-11(14)5-7-12-10-3-4-10/h9-10,12H,3-8H2,1-2H3,(H,13,14). The van der Waals surface area contributed by atoms with E-state index in [0.29, 0.717) is 19.1 Å². The molecule has 0 radical (unpaired) electrons. The van der Waals surface area contributed by atoms with Crippen molar-refractivity contribution in [3.05, 3.63) is 0 Å². The van der Waals surface area contributed by atoms with Crippen LogP contribution in [-0.2, 0) is 9.53 Å². The zero-order valence-electron chi connectivity index (χ0n) is 9.71. The van der Waals surface area contributed by atoms with Gasteiger partial charge in [0.1, 0.15) is 0 Å². The van der Waals surface area contributed by atoms with Gasteiger partial charge in [0.05, 0.1) is 0 Å². The third-order valence-electron chi connectivity index (χ3n) is 2.52. The summed E-state index contributed by atoms with van der Waals surface area (Å²) in [7, 11) is 1.67. The molecule has 0 saturated heterocycles. The van der Waals surface area contributed by atoms with E-state index in [1.165, 1.54) is 12.8 Å². The molecule has 1 unspecified atom stereocenters. The molecule has 1 aliphatic carbocycles. The topological polar surface area (TPSA) is 50.4 Å². The Morgan fingerprint density at radius 2 is 2.27 bits per heavy atom. The third-order valence-corrected chi connectivity index (χ3v) is 2.52. The quantitative estimate of drug-likeness (QED) is 0.624. The Kier molecular flexibility index (Phi) is 5.65. The number of hydrogen-bond donors (Lipinski definition) is 2. The first-order valence-electron chi connectivity index (χ1n) is 5.74. The highest BCUT2D eigenvalue weighted by molar-refractivity contribution is 5.76. The minimum absolute atomic E-state index is 0.131. The average molecular weight is 214 g/mol. The smallest absolute Gasteiger partial charge is 0.221 e. The Bertz CT molecular complexity index is 193. The summed E-state index contributed by atoms with van der Waals surface area (Å²) in [5, 5.41) is 6.27. The van der Waals surface area contributed by atoms with Crippen LogP contribution in [-0.4, -0.2) is 38.3 Å². The summed E-state index contributed by atoms with van der Waals surface area (Å²) in [6.45, 7) is 3.50. The molecule has 15 heavy (non-hydrogen) atoms. The Morgan fingerprint density at radius 3 is 2.87 bits per heavy atom. The number of carbonyl (C=O) groups is 1. The van der Waals surface area contributed by atoms with Crippen LogP contribution in [0.4, 0.5) is 0 Å². The Morgan fingerprint density at radius 1 is 1.53 bits per heavy atom. The summed E-state index contributed by atoms with van der Waals surface area (Å²) in [5.74, 6) is 0.131. The fourth-order valence-electron chi connectivity index (χ4n) is 1.39. The van der Waals surface area contributed by atoms with Gasteiger partial charge >= 0.3 is 0 Å². The van der Waals surface area contributed by atoms with Crippen LogP contribution in [0.15, 0.2) is 0 Å². The molecule has 1 fully saturated rings. The summed E-state index contributed by atoms with van der Waals surface area (Å²) in [6, 6.07) is 0.891. The van der Waals surface area contributed by atoms with Gasteiger partial charge in [-0.15, -0.1) is 0 Å². The number of rotatable bonds is 8. The highest BCUT2D eigenvalue weighted by Crippen LogP contribution is 2.18. The first kappa shape index (κ1) is 12.5. The van der Waals surface area contributed by atoms with Gasteiger partial charge in [0.25, 0.3) is 0 Å². The predicted molar refractivity (Wildman–Crippen MR) is 59.7 cm³/mol.